The van der Waals surface area contributed by atoms with Gasteiger partial charge in [0.05, 0.1) is 25.1 Å². The highest BCUT2D eigenvalue weighted by atomic mass is 32.2. The van der Waals surface area contributed by atoms with E-state index < -0.39 is 10.0 Å². The Labute approximate surface area is 124 Å². The van der Waals surface area contributed by atoms with Crippen molar-refractivity contribution in [1.82, 2.24) is 4.31 Å². The van der Waals surface area contributed by atoms with E-state index in [-0.39, 0.29) is 30.9 Å². The molecule has 0 aromatic heterocycles. The van der Waals surface area contributed by atoms with Crippen molar-refractivity contribution in [1.29, 1.82) is 0 Å². The molecule has 1 fully saturated rings. The van der Waals surface area contributed by atoms with Crippen LogP contribution in [0.25, 0.3) is 0 Å². The summed E-state index contributed by atoms with van der Waals surface area (Å²) in [6.45, 7) is 1.09. The molecule has 1 aliphatic heterocycles. The smallest absolute Gasteiger partial charge is 0.218 e. The Balaban J connectivity index is 1.90. The monoisotopic (exact) mass is 317 g/mol. The number of aliphatic hydroxyl groups is 1. The minimum Gasteiger partial charge on any atom is -0.394 e. The maximum atomic E-state index is 12.8. The van der Waals surface area contributed by atoms with Crippen LogP contribution in [0, 0.1) is 5.82 Å². The Morgan fingerprint density at radius 2 is 1.86 bits per heavy atom. The van der Waals surface area contributed by atoms with Gasteiger partial charge in [-0.3, -0.25) is 0 Å². The Kier molecular flexibility index (Phi) is 5.69. The van der Waals surface area contributed by atoms with Gasteiger partial charge in [0.2, 0.25) is 10.0 Å². The minimum atomic E-state index is -3.39. The molecule has 7 heteroatoms. The van der Waals surface area contributed by atoms with E-state index in [0.717, 1.165) is 0 Å². The number of sulfonamides is 1. The molecule has 21 heavy (non-hydrogen) atoms. The largest absolute Gasteiger partial charge is 0.394 e. The lowest BCUT2D eigenvalue weighted by Gasteiger charge is -2.31. The Morgan fingerprint density at radius 1 is 1.24 bits per heavy atom. The van der Waals surface area contributed by atoms with E-state index in [9.17, 15) is 12.8 Å². The van der Waals surface area contributed by atoms with Crippen molar-refractivity contribution in [3.05, 3.63) is 35.6 Å². The lowest BCUT2D eigenvalue weighted by Crippen LogP contribution is -2.41. The first-order valence-electron chi connectivity index (χ1n) is 6.96. The summed E-state index contributed by atoms with van der Waals surface area (Å²) in [4.78, 5) is 0. The second kappa shape index (κ2) is 7.31. The predicted octanol–water partition coefficient (Wildman–Crippen LogP) is 1.13. The molecule has 0 aliphatic carbocycles. The van der Waals surface area contributed by atoms with Gasteiger partial charge in [0.25, 0.3) is 0 Å². The summed E-state index contributed by atoms with van der Waals surface area (Å²) in [7, 11) is -3.39. The number of ether oxygens (including phenoxy) is 1. The van der Waals surface area contributed by atoms with Crippen molar-refractivity contribution in [3.8, 4) is 0 Å². The molecule has 1 aliphatic rings. The molecule has 1 aromatic carbocycles. The summed E-state index contributed by atoms with van der Waals surface area (Å²) in [6.07, 6.45) is 1.26. The fraction of sp³-hybridized carbons (Fsp3) is 0.571. The summed E-state index contributed by atoms with van der Waals surface area (Å²) in [5.74, 6) is -0.492. The zero-order chi connectivity index (χ0) is 15.3. The fourth-order valence-corrected chi connectivity index (χ4v) is 3.94. The van der Waals surface area contributed by atoms with E-state index in [1.165, 1.54) is 28.6 Å². The summed E-state index contributed by atoms with van der Waals surface area (Å²) in [5, 5.41) is 8.70. The minimum absolute atomic E-state index is 0.00872. The van der Waals surface area contributed by atoms with E-state index in [0.29, 0.717) is 31.5 Å². The van der Waals surface area contributed by atoms with Crippen molar-refractivity contribution in [2.45, 2.75) is 24.7 Å². The highest BCUT2D eigenvalue weighted by molar-refractivity contribution is 7.88. The van der Waals surface area contributed by atoms with Crippen LogP contribution in [0.1, 0.15) is 18.4 Å². The topological polar surface area (TPSA) is 66.8 Å². The van der Waals surface area contributed by atoms with Crippen molar-refractivity contribution in [3.63, 3.8) is 0 Å². The van der Waals surface area contributed by atoms with E-state index in [1.54, 1.807) is 0 Å². The van der Waals surface area contributed by atoms with E-state index >= 15 is 0 Å². The van der Waals surface area contributed by atoms with Crippen LogP contribution in [0.4, 0.5) is 4.39 Å². The highest BCUT2D eigenvalue weighted by Crippen LogP contribution is 2.19. The van der Waals surface area contributed by atoms with E-state index in [4.69, 9.17) is 9.84 Å². The van der Waals surface area contributed by atoms with Crippen molar-refractivity contribution in [2.24, 2.45) is 0 Å². The molecular formula is C14H20FNO4S. The van der Waals surface area contributed by atoms with Gasteiger partial charge in [-0.1, -0.05) is 12.1 Å². The van der Waals surface area contributed by atoms with Crippen LogP contribution in [-0.2, 0) is 20.5 Å². The maximum Gasteiger partial charge on any atom is 0.218 e. The number of rotatable bonds is 6. The normalized spacial score (nSPS) is 18.0. The summed E-state index contributed by atoms with van der Waals surface area (Å²) < 4.78 is 44.3. The molecule has 118 valence electrons. The van der Waals surface area contributed by atoms with Crippen molar-refractivity contribution in [2.75, 3.05) is 26.3 Å². The number of nitrogens with zero attached hydrogens (tertiary/aromatic N) is 1. The molecule has 0 bridgehead atoms. The maximum absolute atomic E-state index is 12.8. The van der Waals surface area contributed by atoms with Gasteiger partial charge >= 0.3 is 0 Å². The van der Waals surface area contributed by atoms with Crippen LogP contribution >= 0.6 is 0 Å². The summed E-state index contributed by atoms with van der Waals surface area (Å²) in [5.41, 5.74) is 0.579. The third-order valence-electron chi connectivity index (χ3n) is 3.50. The zero-order valence-electron chi connectivity index (χ0n) is 11.7. The number of hydrogen-bond acceptors (Lipinski definition) is 4. The predicted molar refractivity (Wildman–Crippen MR) is 76.7 cm³/mol. The first kappa shape index (κ1) is 16.4. The Morgan fingerprint density at radius 3 is 2.43 bits per heavy atom. The van der Waals surface area contributed by atoms with Crippen LogP contribution in [0.5, 0.6) is 0 Å². The Hall–Kier alpha value is -1.02. The molecule has 1 heterocycles. The van der Waals surface area contributed by atoms with Crippen LogP contribution in [0.3, 0.4) is 0 Å². The quantitative estimate of drug-likeness (QED) is 0.854. The van der Waals surface area contributed by atoms with Gasteiger partial charge in [-0.15, -0.1) is 0 Å². The SMILES string of the molecule is O=S(=O)(Cc1ccc(F)cc1)N1CCC(OCCO)CC1. The summed E-state index contributed by atoms with van der Waals surface area (Å²) >= 11 is 0. The Bertz CT molecular complexity index is 539. The molecular weight excluding hydrogens is 297 g/mol. The standard InChI is InChI=1S/C14H20FNO4S/c15-13-3-1-12(2-4-13)11-21(18,19)16-7-5-14(6-8-16)20-10-9-17/h1-4,14,17H,5-11H2. The molecule has 0 amide bonds. The van der Waals surface area contributed by atoms with E-state index in [2.05, 4.69) is 0 Å². The van der Waals surface area contributed by atoms with E-state index in [1.807, 2.05) is 0 Å². The van der Waals surface area contributed by atoms with Gasteiger partial charge in [-0.05, 0) is 30.5 Å². The van der Waals surface area contributed by atoms with Gasteiger partial charge in [-0.25, -0.2) is 17.1 Å². The number of halogens is 1. The zero-order valence-corrected chi connectivity index (χ0v) is 12.6. The number of hydrogen-bond donors (Lipinski definition) is 1. The third kappa shape index (κ3) is 4.74. The molecule has 2 rings (SSSR count). The molecule has 1 aromatic rings. The molecule has 0 spiro atoms. The van der Waals surface area contributed by atoms with Crippen LogP contribution in [-0.4, -0.2) is 50.2 Å². The lowest BCUT2D eigenvalue weighted by atomic mass is 10.1. The molecule has 1 N–H and O–H groups in total. The average molecular weight is 317 g/mol. The van der Waals surface area contributed by atoms with Crippen molar-refractivity contribution >= 4 is 10.0 Å². The second-order valence-electron chi connectivity index (χ2n) is 5.08. The average Bonchev–Trinajstić information content (AvgIpc) is 2.48. The molecule has 0 unspecified atom stereocenters. The number of benzene rings is 1. The number of aliphatic hydroxyl groups excluding tert-OH is 1. The number of piperidine rings is 1. The highest BCUT2D eigenvalue weighted by Gasteiger charge is 2.28. The van der Waals surface area contributed by atoms with Gasteiger partial charge in [0.15, 0.2) is 0 Å². The fourth-order valence-electron chi connectivity index (χ4n) is 2.38. The molecule has 5 nitrogen and oxygen atoms in total. The molecule has 0 atom stereocenters. The van der Waals surface area contributed by atoms with Gasteiger partial charge in [0.1, 0.15) is 5.82 Å². The van der Waals surface area contributed by atoms with Gasteiger partial charge in [0, 0.05) is 13.1 Å². The first-order chi connectivity index (χ1) is 10.0. The van der Waals surface area contributed by atoms with Gasteiger partial charge < -0.3 is 9.84 Å². The van der Waals surface area contributed by atoms with Crippen LogP contribution in [0.2, 0.25) is 0 Å². The van der Waals surface area contributed by atoms with Gasteiger partial charge in [-0.2, -0.15) is 0 Å². The molecule has 0 radical (unpaired) electrons. The molecule has 1 saturated heterocycles. The second-order valence-corrected chi connectivity index (χ2v) is 7.04. The first-order valence-corrected chi connectivity index (χ1v) is 8.57. The third-order valence-corrected chi connectivity index (χ3v) is 5.35. The van der Waals surface area contributed by atoms with Crippen LogP contribution in [0.15, 0.2) is 24.3 Å². The summed E-state index contributed by atoms with van der Waals surface area (Å²) in [6, 6.07) is 5.51. The van der Waals surface area contributed by atoms with Crippen molar-refractivity contribution < 1.29 is 22.7 Å². The molecule has 0 saturated carbocycles. The van der Waals surface area contributed by atoms with Crippen LogP contribution < -0.4 is 0 Å². The lowest BCUT2D eigenvalue weighted by molar-refractivity contribution is 0.00317.